The van der Waals surface area contributed by atoms with Crippen LogP contribution in [0.2, 0.25) is 0 Å². The van der Waals surface area contributed by atoms with E-state index in [0.29, 0.717) is 25.1 Å². The van der Waals surface area contributed by atoms with Gasteiger partial charge in [0, 0.05) is 25.9 Å². The number of amides is 1. The molecule has 102 valence electrons. The summed E-state index contributed by atoms with van der Waals surface area (Å²) in [6.45, 7) is 1.01. The largest absolute Gasteiger partial charge is 0.383 e. The van der Waals surface area contributed by atoms with E-state index in [1.54, 1.807) is 24.0 Å². The van der Waals surface area contributed by atoms with Gasteiger partial charge >= 0.3 is 0 Å². The van der Waals surface area contributed by atoms with Gasteiger partial charge in [0.25, 0.3) is 5.91 Å². The lowest BCUT2D eigenvalue weighted by atomic mass is 10.2. The molecule has 6 heteroatoms. The number of nitrogens with zero attached hydrogens (tertiary/aromatic N) is 2. The van der Waals surface area contributed by atoms with E-state index in [-0.39, 0.29) is 11.9 Å². The minimum atomic E-state index is -0.134. The number of pyridine rings is 1. The number of hydrogen-bond acceptors (Lipinski definition) is 4. The summed E-state index contributed by atoms with van der Waals surface area (Å²) in [6.07, 6.45) is 4.05. The highest BCUT2D eigenvalue weighted by molar-refractivity contribution is 6.00. The van der Waals surface area contributed by atoms with Crippen LogP contribution in [0.15, 0.2) is 30.6 Å². The number of methoxy groups -OCH3 is 1. The molecule has 2 aromatic heterocycles. The van der Waals surface area contributed by atoms with Gasteiger partial charge in [-0.25, -0.2) is 4.52 Å². The molecule has 0 fully saturated rings. The summed E-state index contributed by atoms with van der Waals surface area (Å²) < 4.78 is 6.61. The molecule has 0 aromatic carbocycles. The quantitative estimate of drug-likeness (QED) is 0.791. The molecule has 0 radical (unpaired) electrons. The average molecular weight is 262 g/mol. The third kappa shape index (κ3) is 3.30. The highest BCUT2D eigenvalue weighted by Gasteiger charge is 2.12. The van der Waals surface area contributed by atoms with Crippen LogP contribution in [0.4, 0.5) is 0 Å². The fourth-order valence-corrected chi connectivity index (χ4v) is 1.87. The predicted molar refractivity (Wildman–Crippen MR) is 72.0 cm³/mol. The van der Waals surface area contributed by atoms with Crippen molar-refractivity contribution in [3.8, 4) is 0 Å². The molecule has 2 heterocycles. The van der Waals surface area contributed by atoms with E-state index < -0.39 is 0 Å². The van der Waals surface area contributed by atoms with Gasteiger partial charge in [0.2, 0.25) is 0 Å². The zero-order valence-corrected chi connectivity index (χ0v) is 10.9. The van der Waals surface area contributed by atoms with Crippen LogP contribution in [0, 0.1) is 0 Å². The topological polar surface area (TPSA) is 81.6 Å². The molecule has 0 aliphatic heterocycles. The molecule has 2 rings (SSSR count). The molecule has 0 aliphatic rings. The maximum atomic E-state index is 12.0. The Bertz CT molecular complexity index is 552. The van der Waals surface area contributed by atoms with Gasteiger partial charge in [-0.3, -0.25) is 4.79 Å². The number of carbonyl (C=O) groups is 1. The number of nitrogens with two attached hydrogens (primary N) is 1. The molecule has 1 amide bonds. The van der Waals surface area contributed by atoms with Crippen LogP contribution in [0.25, 0.3) is 5.52 Å². The van der Waals surface area contributed by atoms with Gasteiger partial charge in [-0.05, 0) is 18.6 Å². The van der Waals surface area contributed by atoms with Crippen molar-refractivity contribution in [2.45, 2.75) is 12.5 Å². The molecule has 19 heavy (non-hydrogen) atoms. The lowest BCUT2D eigenvalue weighted by Crippen LogP contribution is -2.32. The van der Waals surface area contributed by atoms with Crippen LogP contribution in [-0.4, -0.2) is 41.8 Å². The van der Waals surface area contributed by atoms with Gasteiger partial charge in [0.05, 0.1) is 23.9 Å². The first-order chi connectivity index (χ1) is 9.22. The van der Waals surface area contributed by atoms with Crippen molar-refractivity contribution in [3.05, 3.63) is 36.2 Å². The Morgan fingerprint density at radius 2 is 2.42 bits per heavy atom. The molecule has 1 unspecified atom stereocenters. The minimum Gasteiger partial charge on any atom is -0.383 e. The molecule has 3 N–H and O–H groups in total. The lowest BCUT2D eigenvalue weighted by molar-refractivity contribution is 0.0952. The Kier molecular flexibility index (Phi) is 4.48. The Balaban J connectivity index is 1.93. The second-order valence-corrected chi connectivity index (χ2v) is 4.35. The predicted octanol–water partition coefficient (Wildman–Crippen LogP) is 0.428. The van der Waals surface area contributed by atoms with Crippen molar-refractivity contribution in [1.82, 2.24) is 14.9 Å². The molecule has 0 saturated carbocycles. The lowest BCUT2D eigenvalue weighted by Gasteiger charge is -2.10. The minimum absolute atomic E-state index is 0.0609. The molecule has 0 saturated heterocycles. The second-order valence-electron chi connectivity index (χ2n) is 4.35. The number of carbonyl (C=O) groups excluding carboxylic acids is 1. The van der Waals surface area contributed by atoms with Crippen LogP contribution in [-0.2, 0) is 4.74 Å². The highest BCUT2D eigenvalue weighted by Crippen LogP contribution is 2.09. The summed E-state index contributed by atoms with van der Waals surface area (Å²) in [5, 5.41) is 6.96. The monoisotopic (exact) mass is 262 g/mol. The van der Waals surface area contributed by atoms with E-state index >= 15 is 0 Å². The summed E-state index contributed by atoms with van der Waals surface area (Å²) in [6, 6.07) is 5.54. The molecule has 6 nitrogen and oxygen atoms in total. The van der Waals surface area contributed by atoms with Crippen molar-refractivity contribution in [3.63, 3.8) is 0 Å². The fraction of sp³-hybridized carbons (Fsp3) is 0.385. The van der Waals surface area contributed by atoms with Crippen LogP contribution in [0.1, 0.15) is 16.8 Å². The normalized spacial score (nSPS) is 12.5. The molecule has 0 aliphatic carbocycles. The van der Waals surface area contributed by atoms with Crippen LogP contribution >= 0.6 is 0 Å². The highest BCUT2D eigenvalue weighted by atomic mass is 16.5. The van der Waals surface area contributed by atoms with Gasteiger partial charge in [-0.1, -0.05) is 6.07 Å². The van der Waals surface area contributed by atoms with Gasteiger partial charge in [-0.2, -0.15) is 5.10 Å². The Morgan fingerprint density at radius 3 is 3.21 bits per heavy atom. The molecule has 1 atom stereocenters. The summed E-state index contributed by atoms with van der Waals surface area (Å²) in [5.41, 5.74) is 7.15. The van der Waals surface area contributed by atoms with E-state index in [1.165, 1.54) is 0 Å². The zero-order valence-electron chi connectivity index (χ0n) is 10.9. The van der Waals surface area contributed by atoms with Crippen molar-refractivity contribution in [2.24, 2.45) is 5.73 Å². The standard InChI is InChI=1S/C13H18N4O2/c1-19-9-10(14)5-6-15-13(18)11-8-16-17-7-3-2-4-12(11)17/h2-4,7-8,10H,5-6,9,14H2,1H3,(H,15,18). The number of rotatable bonds is 6. The van der Waals surface area contributed by atoms with Gasteiger partial charge in [0.15, 0.2) is 0 Å². The zero-order chi connectivity index (χ0) is 13.7. The Hall–Kier alpha value is -1.92. The number of hydrogen-bond donors (Lipinski definition) is 2. The Morgan fingerprint density at radius 1 is 1.58 bits per heavy atom. The van der Waals surface area contributed by atoms with Crippen LogP contribution < -0.4 is 11.1 Å². The molecular weight excluding hydrogens is 244 g/mol. The third-order valence-electron chi connectivity index (χ3n) is 2.85. The second kappa shape index (κ2) is 6.31. The number of aromatic nitrogens is 2. The van der Waals surface area contributed by atoms with Gasteiger partial charge in [-0.15, -0.1) is 0 Å². The van der Waals surface area contributed by atoms with E-state index in [4.69, 9.17) is 10.5 Å². The van der Waals surface area contributed by atoms with Gasteiger partial charge in [0.1, 0.15) is 0 Å². The SMILES string of the molecule is COCC(N)CCNC(=O)c1cnn2ccccc12. The van der Waals surface area contributed by atoms with Crippen molar-refractivity contribution < 1.29 is 9.53 Å². The Labute approximate surface area is 111 Å². The maximum Gasteiger partial charge on any atom is 0.255 e. The van der Waals surface area contributed by atoms with Crippen molar-refractivity contribution in [2.75, 3.05) is 20.3 Å². The smallest absolute Gasteiger partial charge is 0.255 e. The summed E-state index contributed by atoms with van der Waals surface area (Å²) in [7, 11) is 1.61. The van der Waals surface area contributed by atoms with Gasteiger partial charge < -0.3 is 15.8 Å². The summed E-state index contributed by atoms with van der Waals surface area (Å²) >= 11 is 0. The molecule has 2 aromatic rings. The van der Waals surface area contributed by atoms with Crippen molar-refractivity contribution >= 4 is 11.4 Å². The summed E-state index contributed by atoms with van der Waals surface area (Å²) in [5.74, 6) is -0.134. The fourth-order valence-electron chi connectivity index (χ4n) is 1.87. The molecule has 0 bridgehead atoms. The van der Waals surface area contributed by atoms with E-state index in [9.17, 15) is 4.79 Å². The molecule has 0 spiro atoms. The van der Waals surface area contributed by atoms with Crippen molar-refractivity contribution in [1.29, 1.82) is 0 Å². The average Bonchev–Trinajstić information content (AvgIpc) is 2.82. The third-order valence-corrected chi connectivity index (χ3v) is 2.85. The van der Waals surface area contributed by atoms with Crippen LogP contribution in [0.5, 0.6) is 0 Å². The maximum absolute atomic E-state index is 12.0. The first kappa shape index (κ1) is 13.5. The first-order valence-electron chi connectivity index (χ1n) is 6.17. The van der Waals surface area contributed by atoms with E-state index in [2.05, 4.69) is 10.4 Å². The number of ether oxygens (including phenoxy) is 1. The van der Waals surface area contributed by atoms with E-state index in [0.717, 1.165) is 5.52 Å². The first-order valence-corrected chi connectivity index (χ1v) is 6.17. The summed E-state index contributed by atoms with van der Waals surface area (Å²) in [4.78, 5) is 12.0. The van der Waals surface area contributed by atoms with Crippen LogP contribution in [0.3, 0.4) is 0 Å². The van der Waals surface area contributed by atoms with E-state index in [1.807, 2.05) is 18.2 Å². The molecular formula is C13H18N4O2. The number of fused-ring (bicyclic) bond motifs is 1. The number of nitrogens with one attached hydrogen (secondary N) is 1.